The molecule has 0 spiro atoms. The fraction of sp³-hybridized carbons (Fsp3) is 0.842. The van der Waals surface area contributed by atoms with E-state index >= 15 is 65.9 Å². The average Bonchev–Trinajstić information content (AvgIpc) is 3.97. The highest BCUT2D eigenvalue weighted by Crippen LogP contribution is 2.52. The molecule has 8 bridgehead atoms. The average molecular weight is 914 g/mol. The predicted octanol–water partition coefficient (Wildman–Crippen LogP) is 3.57. The van der Waals surface area contributed by atoms with Gasteiger partial charge in [0.15, 0.2) is 43.2 Å². The molecule has 1 aromatic carbocycles. The molecule has 8 N–H and O–H groups in total. The maximum absolute atomic E-state index is 17.0. The molecule has 4 saturated carbocycles. The van der Waals surface area contributed by atoms with E-state index in [1.54, 1.807) is 18.2 Å². The van der Waals surface area contributed by atoms with Gasteiger partial charge in [0.25, 0.3) is 0 Å². The van der Waals surface area contributed by atoms with E-state index < -0.39 is 196 Å². The van der Waals surface area contributed by atoms with Crippen LogP contribution < -0.4 is 42.5 Å². The number of hydrogen-bond acceptors (Lipinski definition) is 9. The Morgan fingerprint density at radius 3 is 1.26 bits per heavy atom. The van der Waals surface area contributed by atoms with Crippen molar-refractivity contribution in [3.63, 3.8) is 0 Å². The summed E-state index contributed by atoms with van der Waals surface area (Å²) in [6.07, 6.45) is -54.6. The summed E-state index contributed by atoms with van der Waals surface area (Å²) in [6.45, 7) is 0. The van der Waals surface area contributed by atoms with Gasteiger partial charge in [0.05, 0.1) is 55.4 Å². The van der Waals surface area contributed by atoms with Crippen molar-refractivity contribution in [2.24, 2.45) is 47.3 Å². The van der Waals surface area contributed by atoms with Crippen LogP contribution in [0, 0.1) is 47.3 Å². The minimum absolute atomic E-state index is 0.259. The van der Waals surface area contributed by atoms with E-state index in [1.165, 1.54) is 12.1 Å². The highest BCUT2D eigenvalue weighted by molar-refractivity contribution is 5.45. The third kappa shape index (κ3) is 6.43. The van der Waals surface area contributed by atoms with Crippen molar-refractivity contribution in [3.05, 3.63) is 30.3 Å². The molecular weight excluding hydrogens is 867 g/mol. The number of nitrogens with zero attached hydrogens (tertiary/aromatic N) is 1. The highest BCUT2D eigenvalue weighted by atomic mass is 19.2. The maximum atomic E-state index is 17.0. The Kier molecular flexibility index (Phi) is 11.2. The molecule has 5 saturated heterocycles. The molecule has 348 valence electrons. The number of halogens is 15. The van der Waals surface area contributed by atoms with Gasteiger partial charge >= 0.3 is 0 Å². The summed E-state index contributed by atoms with van der Waals surface area (Å²) in [5.41, 5.74) is 0.259. The van der Waals surface area contributed by atoms with Gasteiger partial charge in [0, 0.05) is 47.1 Å². The van der Waals surface area contributed by atoms with Crippen molar-refractivity contribution >= 4 is 5.69 Å². The van der Waals surface area contributed by atoms with Crippen molar-refractivity contribution in [2.75, 3.05) is 5.32 Å². The molecule has 0 aromatic heterocycles. The minimum Gasteiger partial charge on any atom is -0.379 e. The summed E-state index contributed by atoms with van der Waals surface area (Å²) < 4.78 is 237. The van der Waals surface area contributed by atoms with Gasteiger partial charge in [0.2, 0.25) is 0 Å². The molecule has 62 heavy (non-hydrogen) atoms. The standard InChI is InChI=1S/C38H46F15N9/c39-9-6-8-10(18(41)17(9)40)32-55-31(8)56-34-13-16(30(29(52)28(51)21(13)44)54-7-4-2-1-3-5-7)36(59-34)58-33-11-12(20(43)25(48)24(47)19(11)42)35(57-33)61-38-15-14(37(60-32)62(38)53)22(45)26(49)27(50)23(15)46/h1-5,8-38,54-61H,6H2. The van der Waals surface area contributed by atoms with E-state index in [-0.39, 0.29) is 10.8 Å². The van der Waals surface area contributed by atoms with E-state index in [4.69, 9.17) is 0 Å². The van der Waals surface area contributed by atoms with Gasteiger partial charge in [0.1, 0.15) is 43.2 Å². The van der Waals surface area contributed by atoms with Crippen LogP contribution in [0.2, 0.25) is 0 Å². The van der Waals surface area contributed by atoms with E-state index in [2.05, 4.69) is 42.5 Å². The Morgan fingerprint density at radius 1 is 0.387 bits per heavy atom. The molecule has 5 aliphatic heterocycles. The van der Waals surface area contributed by atoms with Crippen LogP contribution in [0.15, 0.2) is 30.3 Å². The third-order valence-electron chi connectivity index (χ3n) is 15.6. The van der Waals surface area contributed by atoms with Gasteiger partial charge < -0.3 is 5.32 Å². The van der Waals surface area contributed by atoms with Gasteiger partial charge in [-0.15, -0.1) is 9.60 Å². The number of nitrogens with one attached hydrogen (secondary N) is 8. The molecule has 10 rings (SSSR count). The van der Waals surface area contributed by atoms with Crippen LogP contribution in [0.5, 0.6) is 0 Å². The molecule has 24 heteroatoms. The molecule has 31 unspecified atom stereocenters. The van der Waals surface area contributed by atoms with Gasteiger partial charge in [-0.2, -0.15) is 0 Å². The normalized spacial score (nSPS) is 59.8. The van der Waals surface area contributed by atoms with E-state index in [0.717, 1.165) is 0 Å². The zero-order valence-corrected chi connectivity index (χ0v) is 32.1. The number of benzene rings is 1. The van der Waals surface area contributed by atoms with Crippen LogP contribution in [-0.4, -0.2) is 147 Å². The van der Waals surface area contributed by atoms with Crippen LogP contribution >= 0.6 is 0 Å². The number of fused-ring (bicyclic) bond motifs is 20. The number of hydrogen-bond donors (Lipinski definition) is 8. The molecule has 31 atom stereocenters. The summed E-state index contributed by atoms with van der Waals surface area (Å²) in [5, 5.41) is 22.0. The first kappa shape index (κ1) is 43.5. The van der Waals surface area contributed by atoms with Crippen molar-refractivity contribution in [3.8, 4) is 0 Å². The summed E-state index contributed by atoms with van der Waals surface area (Å²) >= 11 is 0. The Bertz CT molecular complexity index is 1770. The number of para-hydroxylation sites is 1. The fourth-order valence-corrected chi connectivity index (χ4v) is 12.8. The number of alkyl halides is 14. The van der Waals surface area contributed by atoms with Crippen LogP contribution in [0.4, 0.5) is 71.6 Å². The molecule has 9 nitrogen and oxygen atoms in total. The van der Waals surface area contributed by atoms with E-state index in [0.29, 0.717) is 0 Å². The second kappa shape index (κ2) is 15.9. The maximum Gasteiger partial charge on any atom is 0.165 e. The molecule has 4 aliphatic carbocycles. The summed E-state index contributed by atoms with van der Waals surface area (Å²) in [6, 6.07) is 6.17. The largest absolute Gasteiger partial charge is 0.379 e. The number of rotatable bonds is 2. The molecule has 9 fully saturated rings. The molecule has 1 aromatic rings. The lowest BCUT2D eigenvalue weighted by atomic mass is 9.71. The Balaban J connectivity index is 1.10. The van der Waals surface area contributed by atoms with Gasteiger partial charge in [-0.1, -0.05) is 18.2 Å². The minimum atomic E-state index is -3.16. The Hall–Kier alpha value is -2.35. The van der Waals surface area contributed by atoms with Gasteiger partial charge in [-0.25, -0.2) is 61.5 Å². The van der Waals surface area contributed by atoms with Crippen molar-refractivity contribution in [1.82, 2.24) is 42.3 Å². The third-order valence-corrected chi connectivity index (χ3v) is 15.6. The SMILES string of the molecule is FC1CC2C3NC(NC4C5C(F)C(F)C(F)C(F)C5C(NC5NC(NC6NC(N3)C3C(F)C(F)C(F)C(Nc7ccccc7)C63)C3C(F)C(F)C(F)C(F)C53)N4F)C2C(F)C1F. The van der Waals surface area contributed by atoms with Crippen molar-refractivity contribution in [2.45, 2.75) is 148 Å². The first-order valence-electron chi connectivity index (χ1n) is 21.0. The molecule has 9 aliphatic rings. The second-order valence-electron chi connectivity index (χ2n) is 18.5. The summed E-state index contributed by atoms with van der Waals surface area (Å²) in [4.78, 5) is 0. The summed E-state index contributed by atoms with van der Waals surface area (Å²) in [5.74, 6) is -14.2. The molecule has 5 heterocycles. The highest BCUT2D eigenvalue weighted by Gasteiger charge is 2.69. The fourth-order valence-electron chi connectivity index (χ4n) is 12.8. The lowest BCUT2D eigenvalue weighted by molar-refractivity contribution is -0.0974. The number of anilines is 1. The van der Waals surface area contributed by atoms with Crippen LogP contribution in [0.25, 0.3) is 0 Å². The summed E-state index contributed by atoms with van der Waals surface area (Å²) in [7, 11) is 0. The van der Waals surface area contributed by atoms with Crippen LogP contribution in [0.1, 0.15) is 6.42 Å². The molecular formula is C38H46F15N9. The van der Waals surface area contributed by atoms with Crippen LogP contribution in [0.3, 0.4) is 0 Å². The predicted molar refractivity (Wildman–Crippen MR) is 190 cm³/mol. The van der Waals surface area contributed by atoms with Crippen molar-refractivity contribution in [1.29, 1.82) is 0 Å². The van der Waals surface area contributed by atoms with E-state index in [9.17, 15) is 0 Å². The lowest BCUT2D eigenvalue weighted by Crippen LogP contribution is -2.63. The Labute approximate surface area is 345 Å². The first-order valence-corrected chi connectivity index (χ1v) is 21.0. The zero-order valence-electron chi connectivity index (χ0n) is 32.1. The van der Waals surface area contributed by atoms with E-state index in [1.807, 2.05) is 0 Å². The van der Waals surface area contributed by atoms with Crippen molar-refractivity contribution < 1.29 is 65.9 Å². The molecule has 0 radical (unpaired) electrons. The smallest absolute Gasteiger partial charge is 0.165 e. The monoisotopic (exact) mass is 913 g/mol. The molecule has 0 amide bonds. The first-order chi connectivity index (χ1) is 29.5. The van der Waals surface area contributed by atoms with Gasteiger partial charge in [-0.3, -0.25) is 37.2 Å². The topological polar surface area (TPSA) is 99.5 Å². The van der Waals surface area contributed by atoms with Gasteiger partial charge in [-0.05, 0) is 24.5 Å². The lowest BCUT2D eigenvalue weighted by Gasteiger charge is -2.45. The zero-order chi connectivity index (χ0) is 44.0. The Morgan fingerprint density at radius 2 is 0.758 bits per heavy atom. The second-order valence-corrected chi connectivity index (χ2v) is 18.5. The van der Waals surface area contributed by atoms with Crippen LogP contribution in [-0.2, 0) is 0 Å². The quantitative estimate of drug-likeness (QED) is 0.168.